The van der Waals surface area contributed by atoms with Gasteiger partial charge in [0, 0.05) is 55.4 Å². The highest BCUT2D eigenvalue weighted by atomic mass is 32.2. The van der Waals surface area contributed by atoms with Crippen LogP contribution in [-0.2, 0) is 19.5 Å². The lowest BCUT2D eigenvalue weighted by Crippen LogP contribution is -2.55. The van der Waals surface area contributed by atoms with Gasteiger partial charge in [-0.3, -0.25) is 19.8 Å². The van der Waals surface area contributed by atoms with Gasteiger partial charge in [-0.05, 0) is 85.7 Å². The van der Waals surface area contributed by atoms with Crippen LogP contribution in [0.15, 0.2) is 71.9 Å². The van der Waals surface area contributed by atoms with Crippen LogP contribution in [0.3, 0.4) is 0 Å². The maximum atomic E-state index is 16.5. The molecule has 348 valence electrons. The molecule has 17 nitrogen and oxygen atoms in total. The third-order valence-corrected chi connectivity index (χ3v) is 15.2. The minimum atomic E-state index is -4.93. The average molecular weight is 926 g/mol. The number of pyridine rings is 1. The molecule has 5 aliphatic rings. The van der Waals surface area contributed by atoms with Gasteiger partial charge in [0.2, 0.25) is 6.79 Å². The van der Waals surface area contributed by atoms with E-state index in [1.165, 1.54) is 29.8 Å². The van der Waals surface area contributed by atoms with Crippen molar-refractivity contribution in [1.82, 2.24) is 19.6 Å². The van der Waals surface area contributed by atoms with Crippen LogP contribution in [0, 0.1) is 21.3 Å². The SMILES string of the molecule is CC(C)c1ccccc1[C@@H]1CCCN1C1CC2(CCN(c3cc(Oc4cnc5[nH]ccc5c4)c(C(=O)NS(=O)(=O)c4cc([N+](=O)[O-])c(NC[C@H]5COCCO5)c5c4OCO5)cc3F)CC2)C1. The number of carbonyl (C=O) groups excluding carboxylic acids is 1. The molecule has 10 rings (SSSR count). The molecule has 4 fully saturated rings. The van der Waals surface area contributed by atoms with Crippen molar-refractivity contribution in [2.75, 3.05) is 63.0 Å². The van der Waals surface area contributed by atoms with E-state index in [4.69, 9.17) is 23.7 Å². The summed E-state index contributed by atoms with van der Waals surface area (Å²) in [6.07, 6.45) is 8.97. The third kappa shape index (κ3) is 8.37. The van der Waals surface area contributed by atoms with Crippen molar-refractivity contribution in [3.05, 3.63) is 99.6 Å². The molecule has 66 heavy (non-hydrogen) atoms. The van der Waals surface area contributed by atoms with Crippen LogP contribution < -0.4 is 29.1 Å². The summed E-state index contributed by atoms with van der Waals surface area (Å²) in [4.78, 5) is 37.1. The maximum Gasteiger partial charge on any atom is 0.297 e. The zero-order valence-electron chi connectivity index (χ0n) is 36.7. The topological polar surface area (TPSA) is 200 Å². The van der Waals surface area contributed by atoms with Crippen LogP contribution in [0.2, 0.25) is 0 Å². The fourth-order valence-corrected chi connectivity index (χ4v) is 11.6. The van der Waals surface area contributed by atoms with Gasteiger partial charge < -0.3 is 38.9 Å². The molecule has 3 aromatic carbocycles. The molecule has 4 aliphatic heterocycles. The average Bonchev–Trinajstić information content (AvgIpc) is 4.10. The van der Waals surface area contributed by atoms with Crippen LogP contribution in [-0.4, -0.2) is 99.1 Å². The number of sulfonamides is 1. The molecule has 3 saturated heterocycles. The number of ether oxygens (including phenoxy) is 5. The molecule has 2 aromatic heterocycles. The lowest BCUT2D eigenvalue weighted by Gasteiger charge is -2.56. The zero-order valence-corrected chi connectivity index (χ0v) is 37.5. The number of likely N-dealkylation sites (tertiary alicyclic amines) is 1. The van der Waals surface area contributed by atoms with Crippen molar-refractivity contribution in [2.45, 2.75) is 81.4 Å². The van der Waals surface area contributed by atoms with E-state index in [2.05, 4.69) is 58.3 Å². The van der Waals surface area contributed by atoms with Crippen LogP contribution >= 0.6 is 0 Å². The van der Waals surface area contributed by atoms with Gasteiger partial charge in [0.15, 0.2) is 17.2 Å². The fraction of sp³-hybridized carbons (Fsp3) is 0.447. The third-order valence-electron chi connectivity index (χ3n) is 13.8. The number of nitro benzene ring substituents is 1. The number of aromatic nitrogens is 2. The number of halogens is 1. The maximum absolute atomic E-state index is 16.5. The molecule has 1 spiro atoms. The van der Waals surface area contributed by atoms with Crippen molar-refractivity contribution >= 4 is 44.0 Å². The van der Waals surface area contributed by atoms with Gasteiger partial charge in [-0.25, -0.2) is 22.5 Å². The Kier molecular flexibility index (Phi) is 11.7. The van der Waals surface area contributed by atoms with Gasteiger partial charge >= 0.3 is 0 Å². The molecule has 1 aliphatic carbocycles. The molecule has 0 unspecified atom stereocenters. The quantitative estimate of drug-likeness (QED) is 0.0764. The fourth-order valence-electron chi connectivity index (χ4n) is 10.5. The molecule has 0 bridgehead atoms. The first-order valence-corrected chi connectivity index (χ1v) is 24.0. The number of anilines is 2. The number of hydrogen-bond acceptors (Lipinski definition) is 14. The molecule has 3 N–H and O–H groups in total. The predicted octanol–water partition coefficient (Wildman–Crippen LogP) is 7.79. The Morgan fingerprint density at radius 1 is 1.08 bits per heavy atom. The highest BCUT2D eigenvalue weighted by molar-refractivity contribution is 7.90. The zero-order chi connectivity index (χ0) is 45.7. The van der Waals surface area contributed by atoms with Gasteiger partial charge in [0.1, 0.15) is 27.9 Å². The molecule has 6 heterocycles. The first kappa shape index (κ1) is 43.9. The smallest absolute Gasteiger partial charge is 0.297 e. The summed E-state index contributed by atoms with van der Waals surface area (Å²) >= 11 is 0. The lowest BCUT2D eigenvalue weighted by molar-refractivity contribution is -0.384. The number of benzene rings is 3. The van der Waals surface area contributed by atoms with Crippen LogP contribution in [0.4, 0.5) is 21.5 Å². The Hall–Kier alpha value is -6.02. The highest BCUT2D eigenvalue weighted by Crippen LogP contribution is 2.55. The molecular formula is C47H52FN7O10S. The molecule has 5 aromatic rings. The largest absolute Gasteiger partial charge is 0.455 e. The van der Waals surface area contributed by atoms with Gasteiger partial charge in [0.05, 0.1) is 48.3 Å². The number of carbonyl (C=O) groups is 1. The first-order chi connectivity index (χ1) is 31.9. The lowest BCUT2D eigenvalue weighted by atomic mass is 9.59. The second kappa shape index (κ2) is 17.7. The molecule has 0 radical (unpaired) electrons. The van der Waals surface area contributed by atoms with Crippen molar-refractivity contribution < 1.29 is 46.2 Å². The van der Waals surface area contributed by atoms with E-state index in [-0.39, 0.29) is 52.9 Å². The van der Waals surface area contributed by atoms with Crippen molar-refractivity contribution in [3.63, 3.8) is 0 Å². The van der Waals surface area contributed by atoms with E-state index in [0.717, 1.165) is 50.8 Å². The van der Waals surface area contributed by atoms with Gasteiger partial charge in [0.25, 0.3) is 21.6 Å². The van der Waals surface area contributed by atoms with E-state index in [1.54, 1.807) is 18.3 Å². The number of fused-ring (bicyclic) bond motifs is 2. The summed E-state index contributed by atoms with van der Waals surface area (Å²) in [7, 11) is -4.93. The molecule has 2 atom stereocenters. The second-order valence-electron chi connectivity index (χ2n) is 18.2. The summed E-state index contributed by atoms with van der Waals surface area (Å²) in [5, 5.41) is 16.0. The van der Waals surface area contributed by atoms with E-state index < -0.39 is 55.7 Å². The van der Waals surface area contributed by atoms with E-state index >= 15 is 4.39 Å². The minimum Gasteiger partial charge on any atom is -0.455 e. The van der Waals surface area contributed by atoms with Gasteiger partial charge in [-0.15, -0.1) is 0 Å². The van der Waals surface area contributed by atoms with Gasteiger partial charge in [-0.1, -0.05) is 38.1 Å². The number of aromatic amines is 1. The molecular weight excluding hydrogens is 874 g/mol. The Morgan fingerprint density at radius 2 is 1.88 bits per heavy atom. The predicted molar refractivity (Wildman–Crippen MR) is 242 cm³/mol. The Balaban J connectivity index is 0.889. The first-order valence-electron chi connectivity index (χ1n) is 22.5. The van der Waals surface area contributed by atoms with Crippen molar-refractivity contribution in [3.8, 4) is 23.0 Å². The Bertz CT molecular complexity index is 2780. The number of nitrogens with one attached hydrogen (secondary N) is 3. The van der Waals surface area contributed by atoms with Gasteiger partial charge in [-0.2, -0.15) is 0 Å². The number of rotatable bonds is 13. The summed E-state index contributed by atoms with van der Waals surface area (Å²) in [6, 6.07) is 16.4. The summed E-state index contributed by atoms with van der Waals surface area (Å²) in [5.41, 5.74) is 2.62. The number of nitrogens with zero attached hydrogens (tertiary/aromatic N) is 4. The molecule has 19 heteroatoms. The Labute approximate surface area is 381 Å². The van der Waals surface area contributed by atoms with E-state index in [9.17, 15) is 23.3 Å². The Morgan fingerprint density at radius 3 is 2.65 bits per heavy atom. The summed E-state index contributed by atoms with van der Waals surface area (Å²) < 4.78 is 75.0. The van der Waals surface area contributed by atoms with Crippen molar-refractivity contribution in [1.29, 1.82) is 0 Å². The van der Waals surface area contributed by atoms with E-state index in [1.807, 2.05) is 9.62 Å². The summed E-state index contributed by atoms with van der Waals surface area (Å²) in [5.74, 6) is -2.00. The standard InChI is InChI=1S/C47H52FN7O10S/c1-28(2)33-6-3-4-7-34(33)37-8-5-13-54(37)30-22-47(23-30)10-14-53(15-11-47)38-20-40(65-31-18-29-9-12-49-45(29)51-24-31)35(19-36(38)48)46(56)52-66(59,60)41-21-39(55(57)58)42(44-43(41)63-27-64-44)50-25-32-26-61-16-17-62-32/h3-4,6-7,9,12,18-21,24,28,30,32,37,50H,5,8,10-11,13-17,22-23,25-27H2,1-2H3,(H,49,51)(H,52,56)/t32-,37-/m0/s1. The highest BCUT2D eigenvalue weighted by Gasteiger charge is 2.50. The normalized spacial score (nSPS) is 20.8. The number of H-pyrrole nitrogens is 1. The number of hydrogen-bond donors (Lipinski definition) is 3. The molecule has 1 amide bonds. The monoisotopic (exact) mass is 925 g/mol. The van der Waals surface area contributed by atoms with Crippen LogP contribution in [0.25, 0.3) is 11.0 Å². The van der Waals surface area contributed by atoms with E-state index in [0.29, 0.717) is 55.3 Å². The number of nitro groups is 1. The second-order valence-corrected chi connectivity index (χ2v) is 19.8. The summed E-state index contributed by atoms with van der Waals surface area (Å²) in [6.45, 7) is 7.42. The van der Waals surface area contributed by atoms with Crippen LogP contribution in [0.5, 0.6) is 23.0 Å². The number of piperidine rings is 1. The minimum absolute atomic E-state index is 0.0861. The van der Waals surface area contributed by atoms with Crippen molar-refractivity contribution in [2.24, 2.45) is 5.41 Å². The molecule has 1 saturated carbocycles. The number of amides is 1. The van der Waals surface area contributed by atoms with Crippen LogP contribution in [0.1, 0.15) is 85.8 Å².